The molecule has 0 bridgehead atoms. The molecule has 0 amide bonds. The minimum Gasteiger partial charge on any atom is -0.437 e. The average Bonchev–Trinajstić information content (AvgIpc) is 2.70. The molecule has 0 aliphatic carbocycles. The zero-order chi connectivity index (χ0) is 10.1. The van der Waals surface area contributed by atoms with E-state index in [-0.39, 0.29) is 6.04 Å². The summed E-state index contributed by atoms with van der Waals surface area (Å²) in [7, 11) is 1.90. The van der Waals surface area contributed by atoms with Gasteiger partial charge in [-0.2, -0.15) is 0 Å². The minimum absolute atomic E-state index is 0.188. The first-order chi connectivity index (χ1) is 6.66. The maximum Gasteiger partial charge on any atom is 0.211 e. The Morgan fingerprint density at radius 2 is 2.29 bits per heavy atom. The molecule has 2 rings (SSSR count). The van der Waals surface area contributed by atoms with E-state index in [0.29, 0.717) is 11.7 Å². The second-order valence-corrected chi connectivity index (χ2v) is 3.28. The van der Waals surface area contributed by atoms with Crippen molar-refractivity contribution in [2.45, 2.75) is 13.0 Å². The molecule has 0 aliphatic heterocycles. The van der Waals surface area contributed by atoms with Gasteiger partial charge in [-0.05, 0) is 6.92 Å². The predicted octanol–water partition coefficient (Wildman–Crippen LogP) is 1.09. The fourth-order valence-corrected chi connectivity index (χ4v) is 1.16. The Morgan fingerprint density at radius 3 is 2.79 bits per heavy atom. The van der Waals surface area contributed by atoms with Crippen LogP contribution in [0.2, 0.25) is 0 Å². The van der Waals surface area contributed by atoms with E-state index in [9.17, 15) is 0 Å². The molecule has 0 saturated carbocycles. The molecule has 2 aromatic rings. The van der Waals surface area contributed by atoms with Gasteiger partial charge in [0.25, 0.3) is 0 Å². The lowest BCUT2D eigenvalue weighted by molar-refractivity contribution is 0.473. The van der Waals surface area contributed by atoms with E-state index in [2.05, 4.69) is 9.97 Å². The van der Waals surface area contributed by atoms with Crippen LogP contribution in [-0.4, -0.2) is 14.5 Å². The Morgan fingerprint density at radius 1 is 1.50 bits per heavy atom. The lowest BCUT2D eigenvalue weighted by Crippen LogP contribution is -2.04. The van der Waals surface area contributed by atoms with Gasteiger partial charge in [0.15, 0.2) is 5.76 Å². The van der Waals surface area contributed by atoms with E-state index in [4.69, 9.17) is 10.2 Å². The van der Waals surface area contributed by atoms with Gasteiger partial charge in [-0.15, -0.1) is 0 Å². The average molecular weight is 192 g/mol. The second kappa shape index (κ2) is 3.26. The summed E-state index contributed by atoms with van der Waals surface area (Å²) in [6.07, 6.45) is 5.22. The summed E-state index contributed by atoms with van der Waals surface area (Å²) in [5, 5.41) is 0. The third-order valence-electron chi connectivity index (χ3n) is 1.87. The summed E-state index contributed by atoms with van der Waals surface area (Å²) in [5.41, 5.74) is 6.40. The fourth-order valence-electron chi connectivity index (χ4n) is 1.16. The van der Waals surface area contributed by atoms with Crippen molar-refractivity contribution in [1.29, 1.82) is 0 Å². The molecule has 1 unspecified atom stereocenters. The van der Waals surface area contributed by atoms with Crippen LogP contribution >= 0.6 is 0 Å². The molecular weight excluding hydrogens is 180 g/mol. The number of imidazole rings is 1. The standard InChI is InChI=1S/C9H12N4O/c1-6(10)9-11-3-8(14-9)7-4-13(2)5-12-7/h3-6H,10H2,1-2H3. The number of nitrogens with two attached hydrogens (primary N) is 1. The number of rotatable bonds is 2. The van der Waals surface area contributed by atoms with Gasteiger partial charge in [-0.1, -0.05) is 0 Å². The largest absolute Gasteiger partial charge is 0.437 e. The van der Waals surface area contributed by atoms with Crippen molar-refractivity contribution in [2.24, 2.45) is 12.8 Å². The zero-order valence-corrected chi connectivity index (χ0v) is 8.14. The van der Waals surface area contributed by atoms with Crippen molar-refractivity contribution in [3.63, 3.8) is 0 Å². The van der Waals surface area contributed by atoms with Gasteiger partial charge >= 0.3 is 0 Å². The highest BCUT2D eigenvalue weighted by Crippen LogP contribution is 2.19. The monoisotopic (exact) mass is 192 g/mol. The molecule has 5 heteroatoms. The van der Waals surface area contributed by atoms with Gasteiger partial charge in [-0.3, -0.25) is 0 Å². The third-order valence-corrected chi connectivity index (χ3v) is 1.87. The smallest absolute Gasteiger partial charge is 0.211 e. The lowest BCUT2D eigenvalue weighted by Gasteiger charge is -1.95. The third kappa shape index (κ3) is 1.54. The van der Waals surface area contributed by atoms with E-state index in [1.54, 1.807) is 12.5 Å². The predicted molar refractivity (Wildman–Crippen MR) is 51.3 cm³/mol. The second-order valence-electron chi connectivity index (χ2n) is 3.28. The van der Waals surface area contributed by atoms with Crippen LogP contribution in [0.15, 0.2) is 23.1 Å². The zero-order valence-electron chi connectivity index (χ0n) is 8.14. The SMILES string of the molecule is CC(N)c1ncc(-c2cn(C)cn2)o1. The minimum atomic E-state index is -0.188. The van der Waals surface area contributed by atoms with Crippen molar-refractivity contribution < 1.29 is 4.42 Å². The summed E-state index contributed by atoms with van der Waals surface area (Å²) in [6, 6.07) is -0.188. The van der Waals surface area contributed by atoms with Gasteiger partial charge < -0.3 is 14.7 Å². The van der Waals surface area contributed by atoms with Crippen molar-refractivity contribution in [3.8, 4) is 11.5 Å². The normalized spacial score (nSPS) is 13.1. The quantitative estimate of drug-likeness (QED) is 0.773. The molecule has 1 atom stereocenters. The molecule has 0 spiro atoms. The summed E-state index contributed by atoms with van der Waals surface area (Å²) in [4.78, 5) is 8.21. The van der Waals surface area contributed by atoms with Gasteiger partial charge in [0.2, 0.25) is 5.89 Å². The maximum absolute atomic E-state index is 5.63. The van der Waals surface area contributed by atoms with Crippen molar-refractivity contribution in [2.75, 3.05) is 0 Å². The number of aromatic nitrogens is 3. The fraction of sp³-hybridized carbons (Fsp3) is 0.333. The van der Waals surface area contributed by atoms with Gasteiger partial charge in [0, 0.05) is 13.2 Å². The number of hydrogen-bond acceptors (Lipinski definition) is 4. The number of oxazole rings is 1. The van der Waals surface area contributed by atoms with Crippen LogP contribution < -0.4 is 5.73 Å². The van der Waals surface area contributed by atoms with Crippen LogP contribution in [0, 0.1) is 0 Å². The Kier molecular flexibility index (Phi) is 2.09. The van der Waals surface area contributed by atoms with Crippen LogP contribution in [0.3, 0.4) is 0 Å². The van der Waals surface area contributed by atoms with Crippen molar-refractivity contribution in [1.82, 2.24) is 14.5 Å². The van der Waals surface area contributed by atoms with E-state index < -0.39 is 0 Å². The van der Waals surface area contributed by atoms with Gasteiger partial charge in [-0.25, -0.2) is 9.97 Å². The van der Waals surface area contributed by atoms with Crippen LogP contribution in [0.5, 0.6) is 0 Å². The molecule has 0 fully saturated rings. The van der Waals surface area contributed by atoms with Gasteiger partial charge in [0.1, 0.15) is 5.69 Å². The Bertz CT molecular complexity index is 429. The Labute approximate surface area is 81.6 Å². The molecule has 0 saturated heterocycles. The highest BCUT2D eigenvalue weighted by Gasteiger charge is 2.10. The first-order valence-electron chi connectivity index (χ1n) is 4.36. The van der Waals surface area contributed by atoms with Crippen LogP contribution in [0.1, 0.15) is 18.9 Å². The lowest BCUT2D eigenvalue weighted by atomic mass is 10.4. The van der Waals surface area contributed by atoms with E-state index in [1.165, 1.54) is 0 Å². The highest BCUT2D eigenvalue weighted by atomic mass is 16.4. The molecule has 2 aromatic heterocycles. The summed E-state index contributed by atoms with van der Waals surface area (Å²) in [6.45, 7) is 1.83. The topological polar surface area (TPSA) is 69.9 Å². The summed E-state index contributed by atoms with van der Waals surface area (Å²) < 4.78 is 7.28. The summed E-state index contributed by atoms with van der Waals surface area (Å²) >= 11 is 0. The van der Waals surface area contributed by atoms with Gasteiger partial charge in [0.05, 0.1) is 18.6 Å². The van der Waals surface area contributed by atoms with Crippen molar-refractivity contribution in [3.05, 3.63) is 24.6 Å². The molecule has 2 N–H and O–H groups in total. The number of hydrogen-bond donors (Lipinski definition) is 1. The molecule has 14 heavy (non-hydrogen) atoms. The van der Waals surface area contributed by atoms with E-state index in [1.807, 2.05) is 24.7 Å². The van der Waals surface area contributed by atoms with Crippen LogP contribution in [0.25, 0.3) is 11.5 Å². The first kappa shape index (κ1) is 8.96. The molecular formula is C9H12N4O. The van der Waals surface area contributed by atoms with Crippen LogP contribution in [-0.2, 0) is 7.05 Å². The molecule has 0 aromatic carbocycles. The molecule has 74 valence electrons. The molecule has 0 radical (unpaired) electrons. The number of aryl methyl sites for hydroxylation is 1. The Balaban J connectivity index is 2.33. The molecule has 0 aliphatic rings. The first-order valence-corrected chi connectivity index (χ1v) is 4.36. The molecule has 2 heterocycles. The van der Waals surface area contributed by atoms with Crippen molar-refractivity contribution >= 4 is 0 Å². The maximum atomic E-state index is 5.63. The summed E-state index contributed by atoms with van der Waals surface area (Å²) in [5.74, 6) is 1.18. The van der Waals surface area contributed by atoms with E-state index >= 15 is 0 Å². The molecule has 5 nitrogen and oxygen atoms in total. The highest BCUT2D eigenvalue weighted by molar-refractivity contribution is 5.49. The Hall–Kier alpha value is -1.62. The van der Waals surface area contributed by atoms with Crippen LogP contribution in [0.4, 0.5) is 0 Å². The number of nitrogens with zero attached hydrogens (tertiary/aromatic N) is 3. The van der Waals surface area contributed by atoms with E-state index in [0.717, 1.165) is 5.69 Å².